The van der Waals surface area contributed by atoms with Crippen molar-refractivity contribution in [2.75, 3.05) is 18.1 Å². The lowest BCUT2D eigenvalue weighted by Gasteiger charge is -2.19. The number of hydrogen-bond donors (Lipinski definition) is 0. The second-order valence-corrected chi connectivity index (χ2v) is 5.74. The minimum absolute atomic E-state index is 0.0153. The zero-order valence-electron chi connectivity index (χ0n) is 13.7. The van der Waals surface area contributed by atoms with Crippen molar-refractivity contribution in [3.05, 3.63) is 48.5 Å². The number of carbonyl (C=O) groups is 1. The van der Waals surface area contributed by atoms with Gasteiger partial charge in [-0.05, 0) is 31.2 Å². The van der Waals surface area contributed by atoms with Gasteiger partial charge in [0.15, 0.2) is 11.6 Å². The molecule has 1 saturated heterocycles. The van der Waals surface area contributed by atoms with E-state index in [4.69, 9.17) is 13.7 Å². The lowest BCUT2D eigenvalue weighted by Crippen LogP contribution is -2.25. The highest BCUT2D eigenvalue weighted by Gasteiger charge is 2.35. The van der Waals surface area contributed by atoms with Gasteiger partial charge in [-0.1, -0.05) is 17.3 Å². The molecule has 0 spiro atoms. The van der Waals surface area contributed by atoms with Crippen molar-refractivity contribution in [3.63, 3.8) is 0 Å². The molecule has 1 unspecified atom stereocenters. The van der Waals surface area contributed by atoms with Gasteiger partial charge in [-0.15, -0.1) is 0 Å². The van der Waals surface area contributed by atoms with Crippen LogP contribution in [0.2, 0.25) is 0 Å². The zero-order valence-corrected chi connectivity index (χ0v) is 13.7. The van der Waals surface area contributed by atoms with Crippen LogP contribution in [-0.2, 0) is 4.79 Å². The molecule has 1 fully saturated rings. The van der Waals surface area contributed by atoms with Crippen molar-refractivity contribution in [1.82, 2.24) is 10.1 Å². The molecule has 0 saturated carbocycles. The summed E-state index contributed by atoms with van der Waals surface area (Å²) in [5.41, 5.74) is 0.770. The van der Waals surface area contributed by atoms with Crippen LogP contribution < -0.4 is 9.64 Å². The first kappa shape index (κ1) is 15.4. The number of carbonyl (C=O) groups excluding carboxylic acids is 1. The van der Waals surface area contributed by atoms with Gasteiger partial charge in [-0.25, -0.2) is 0 Å². The molecule has 128 valence electrons. The van der Waals surface area contributed by atoms with Gasteiger partial charge in [0.25, 0.3) is 5.89 Å². The van der Waals surface area contributed by atoms with Crippen LogP contribution >= 0.6 is 0 Å². The summed E-state index contributed by atoms with van der Waals surface area (Å²) in [6.07, 6.45) is 1.88. The molecule has 0 radical (unpaired) electrons. The highest BCUT2D eigenvalue weighted by molar-refractivity contribution is 5.97. The molecule has 4 rings (SSSR count). The Morgan fingerprint density at radius 1 is 1.28 bits per heavy atom. The van der Waals surface area contributed by atoms with Crippen molar-refractivity contribution in [2.45, 2.75) is 19.3 Å². The number of nitrogens with zero attached hydrogens (tertiary/aromatic N) is 3. The molecule has 1 atom stereocenters. The quantitative estimate of drug-likeness (QED) is 0.710. The van der Waals surface area contributed by atoms with Gasteiger partial charge in [0.05, 0.1) is 18.6 Å². The Morgan fingerprint density at radius 3 is 2.96 bits per heavy atom. The summed E-state index contributed by atoms with van der Waals surface area (Å²) in [6, 6.07) is 11.0. The van der Waals surface area contributed by atoms with E-state index in [9.17, 15) is 4.79 Å². The fourth-order valence-corrected chi connectivity index (χ4v) is 2.97. The maximum absolute atomic E-state index is 12.5. The summed E-state index contributed by atoms with van der Waals surface area (Å²) < 4.78 is 16.1. The van der Waals surface area contributed by atoms with Crippen LogP contribution in [0.5, 0.6) is 5.75 Å². The molecule has 7 heteroatoms. The number of hydrogen-bond acceptors (Lipinski definition) is 6. The zero-order chi connectivity index (χ0) is 17.2. The van der Waals surface area contributed by atoms with Gasteiger partial charge < -0.3 is 18.6 Å². The van der Waals surface area contributed by atoms with Crippen LogP contribution in [-0.4, -0.2) is 29.2 Å². The summed E-state index contributed by atoms with van der Waals surface area (Å²) in [5, 5.41) is 4.02. The summed E-state index contributed by atoms with van der Waals surface area (Å²) in [5.74, 6) is 1.93. The van der Waals surface area contributed by atoms with Crippen molar-refractivity contribution < 1.29 is 18.5 Å². The van der Waals surface area contributed by atoms with Crippen molar-refractivity contribution >= 4 is 11.6 Å². The lowest BCUT2D eigenvalue weighted by atomic mass is 10.1. The highest BCUT2D eigenvalue weighted by Crippen LogP contribution is 2.36. The Bertz CT molecular complexity index is 872. The SMILES string of the molecule is CCOc1ccccc1N1CC(c2noc(-c3ccco3)n2)CC1=O. The highest BCUT2D eigenvalue weighted by atomic mass is 16.5. The standard InChI is InChI=1S/C18H17N3O4/c1-2-23-14-7-4-3-6-13(14)21-11-12(10-16(21)22)17-19-18(25-20-17)15-8-5-9-24-15/h3-9,12H,2,10-11H2,1H3. The van der Waals surface area contributed by atoms with Crippen LogP contribution in [0, 0.1) is 0 Å². The van der Waals surface area contributed by atoms with Crippen molar-refractivity contribution in [1.29, 1.82) is 0 Å². The molecule has 0 N–H and O–H groups in total. The van der Waals surface area contributed by atoms with E-state index in [1.807, 2.05) is 31.2 Å². The van der Waals surface area contributed by atoms with Gasteiger partial charge in [0, 0.05) is 18.9 Å². The first-order chi connectivity index (χ1) is 12.3. The van der Waals surface area contributed by atoms with E-state index in [2.05, 4.69) is 10.1 Å². The molecule has 25 heavy (non-hydrogen) atoms. The number of amides is 1. The normalized spacial score (nSPS) is 17.2. The smallest absolute Gasteiger partial charge is 0.293 e. The maximum atomic E-state index is 12.5. The Labute approximate surface area is 144 Å². The second-order valence-electron chi connectivity index (χ2n) is 5.74. The topological polar surface area (TPSA) is 81.6 Å². The van der Waals surface area contributed by atoms with Crippen LogP contribution in [0.15, 0.2) is 51.6 Å². The Hall–Kier alpha value is -3.09. The monoisotopic (exact) mass is 339 g/mol. The molecule has 3 aromatic rings. The lowest BCUT2D eigenvalue weighted by molar-refractivity contribution is -0.117. The van der Waals surface area contributed by atoms with Gasteiger partial charge >= 0.3 is 0 Å². The average Bonchev–Trinajstić information content (AvgIpc) is 3.36. The molecule has 1 aliphatic rings. The summed E-state index contributed by atoms with van der Waals surface area (Å²) in [7, 11) is 0. The molecular weight excluding hydrogens is 322 g/mol. The third kappa shape index (κ3) is 2.88. The van der Waals surface area contributed by atoms with E-state index in [1.165, 1.54) is 0 Å². The van der Waals surface area contributed by atoms with Gasteiger partial charge in [-0.2, -0.15) is 4.98 Å². The third-order valence-corrected chi connectivity index (χ3v) is 4.12. The maximum Gasteiger partial charge on any atom is 0.293 e. The number of aromatic nitrogens is 2. The van der Waals surface area contributed by atoms with Crippen LogP contribution in [0.1, 0.15) is 25.1 Å². The second kappa shape index (κ2) is 6.43. The van der Waals surface area contributed by atoms with E-state index in [1.54, 1.807) is 23.3 Å². The van der Waals surface area contributed by atoms with Crippen molar-refractivity contribution in [2.24, 2.45) is 0 Å². The minimum Gasteiger partial charge on any atom is -0.492 e. The average molecular weight is 339 g/mol. The molecule has 7 nitrogen and oxygen atoms in total. The number of para-hydroxylation sites is 2. The fraction of sp³-hybridized carbons (Fsp3) is 0.278. The molecule has 1 amide bonds. The number of benzene rings is 1. The molecule has 2 aromatic heterocycles. The van der Waals surface area contributed by atoms with Crippen LogP contribution in [0.4, 0.5) is 5.69 Å². The molecule has 0 aliphatic carbocycles. The Kier molecular flexibility index (Phi) is 3.97. The largest absolute Gasteiger partial charge is 0.492 e. The number of furan rings is 1. The minimum atomic E-state index is -0.130. The predicted molar refractivity (Wildman–Crippen MR) is 89.3 cm³/mol. The summed E-state index contributed by atoms with van der Waals surface area (Å²) in [4.78, 5) is 18.6. The predicted octanol–water partition coefficient (Wildman–Crippen LogP) is 3.25. The summed E-state index contributed by atoms with van der Waals surface area (Å²) in [6.45, 7) is 2.95. The third-order valence-electron chi connectivity index (χ3n) is 4.12. The first-order valence-electron chi connectivity index (χ1n) is 8.16. The molecule has 0 bridgehead atoms. The van der Waals surface area contributed by atoms with Gasteiger partial charge in [0.2, 0.25) is 5.91 Å². The van der Waals surface area contributed by atoms with E-state index >= 15 is 0 Å². The Balaban J connectivity index is 1.57. The number of anilines is 1. The van der Waals surface area contributed by atoms with Gasteiger partial charge in [-0.3, -0.25) is 4.79 Å². The van der Waals surface area contributed by atoms with E-state index in [0.717, 1.165) is 5.69 Å². The van der Waals surface area contributed by atoms with E-state index < -0.39 is 0 Å². The number of rotatable bonds is 5. The van der Waals surface area contributed by atoms with E-state index in [0.29, 0.717) is 42.8 Å². The molecule has 1 aromatic carbocycles. The fourth-order valence-electron chi connectivity index (χ4n) is 2.97. The molecule has 1 aliphatic heterocycles. The number of ether oxygens (including phenoxy) is 1. The van der Waals surface area contributed by atoms with Crippen molar-refractivity contribution in [3.8, 4) is 17.4 Å². The van der Waals surface area contributed by atoms with Gasteiger partial charge in [0.1, 0.15) is 5.75 Å². The molecule has 3 heterocycles. The Morgan fingerprint density at radius 2 is 2.16 bits per heavy atom. The van der Waals surface area contributed by atoms with Crippen LogP contribution in [0.3, 0.4) is 0 Å². The summed E-state index contributed by atoms with van der Waals surface area (Å²) >= 11 is 0. The van der Waals surface area contributed by atoms with E-state index in [-0.39, 0.29) is 11.8 Å². The van der Waals surface area contributed by atoms with Crippen LogP contribution in [0.25, 0.3) is 11.7 Å². The molecular formula is C18H17N3O4. The first-order valence-corrected chi connectivity index (χ1v) is 8.16.